The topological polar surface area (TPSA) is 97.5 Å². The number of fused-ring (bicyclic) bond motifs is 1. The Bertz CT molecular complexity index is 1080. The van der Waals surface area contributed by atoms with E-state index in [0.717, 1.165) is 35.9 Å². The van der Waals surface area contributed by atoms with E-state index in [4.69, 9.17) is 0 Å². The van der Waals surface area contributed by atoms with Crippen molar-refractivity contribution in [2.45, 2.75) is 39.0 Å². The van der Waals surface area contributed by atoms with Crippen molar-refractivity contribution in [3.63, 3.8) is 0 Å². The second-order valence-electron chi connectivity index (χ2n) is 7.04. The Hall–Kier alpha value is -3.61. The molecule has 7 nitrogen and oxygen atoms in total. The summed E-state index contributed by atoms with van der Waals surface area (Å²) in [6.07, 6.45) is 6.74. The number of amides is 1. The van der Waals surface area contributed by atoms with Gasteiger partial charge in [0.15, 0.2) is 0 Å². The van der Waals surface area contributed by atoms with Crippen LogP contribution < -0.4 is 5.43 Å². The molecule has 3 aromatic rings. The van der Waals surface area contributed by atoms with Gasteiger partial charge in [0.05, 0.1) is 22.2 Å². The zero-order valence-electron chi connectivity index (χ0n) is 16.9. The van der Waals surface area contributed by atoms with Crippen LogP contribution in [-0.4, -0.2) is 22.0 Å². The maximum absolute atomic E-state index is 12.8. The summed E-state index contributed by atoms with van der Waals surface area (Å²) in [7, 11) is 0. The van der Waals surface area contributed by atoms with Crippen molar-refractivity contribution in [3.05, 3.63) is 81.5 Å². The number of aryl methyl sites for hydroxylation is 1. The number of carbonyl (C=O) groups excluding carboxylic acids is 1. The third kappa shape index (κ3) is 5.47. The summed E-state index contributed by atoms with van der Waals surface area (Å²) in [5, 5.41) is 15.6. The quantitative estimate of drug-likeness (QED) is 0.234. The number of nitrogens with one attached hydrogen (secondary N) is 1. The highest BCUT2D eigenvalue weighted by molar-refractivity contribution is 6.06. The molecule has 30 heavy (non-hydrogen) atoms. The summed E-state index contributed by atoms with van der Waals surface area (Å²) in [6, 6.07) is 15.4. The third-order valence-corrected chi connectivity index (χ3v) is 4.76. The van der Waals surface area contributed by atoms with Crippen molar-refractivity contribution in [2.24, 2.45) is 5.10 Å². The van der Waals surface area contributed by atoms with E-state index in [2.05, 4.69) is 22.4 Å². The van der Waals surface area contributed by atoms with E-state index in [9.17, 15) is 14.9 Å². The fraction of sp³-hybridized carbons (Fsp3) is 0.261. The Balaban J connectivity index is 1.78. The van der Waals surface area contributed by atoms with Gasteiger partial charge in [-0.05, 0) is 25.0 Å². The lowest BCUT2D eigenvalue weighted by Crippen LogP contribution is -2.18. The molecule has 2 aromatic carbocycles. The van der Waals surface area contributed by atoms with E-state index >= 15 is 0 Å². The minimum Gasteiger partial charge on any atom is -0.267 e. The van der Waals surface area contributed by atoms with Gasteiger partial charge in [-0.1, -0.05) is 56.5 Å². The number of hydrogen-bond donors (Lipinski definition) is 1. The molecule has 0 aliphatic rings. The van der Waals surface area contributed by atoms with Crippen molar-refractivity contribution < 1.29 is 9.72 Å². The first kappa shape index (κ1) is 21.1. The molecule has 0 unspecified atom stereocenters. The van der Waals surface area contributed by atoms with Gasteiger partial charge in [0.2, 0.25) is 0 Å². The Morgan fingerprint density at radius 3 is 2.77 bits per heavy atom. The van der Waals surface area contributed by atoms with Crippen LogP contribution in [0.5, 0.6) is 0 Å². The maximum atomic E-state index is 12.8. The van der Waals surface area contributed by atoms with Crippen LogP contribution in [0.2, 0.25) is 0 Å². The molecule has 0 radical (unpaired) electrons. The SMILES string of the molecule is CCCCCCc1cc(C(=O)N/N=C/c2cccc([N+](=O)[O-])c2)c2ccccc2n1. The van der Waals surface area contributed by atoms with E-state index in [1.54, 1.807) is 12.1 Å². The number of nitro groups is 1. The second kappa shape index (κ2) is 10.2. The molecule has 0 aliphatic heterocycles. The average molecular weight is 404 g/mol. The molecule has 0 atom stereocenters. The second-order valence-corrected chi connectivity index (χ2v) is 7.04. The van der Waals surface area contributed by atoms with Crippen molar-refractivity contribution >= 4 is 28.7 Å². The normalized spacial score (nSPS) is 11.1. The molecule has 1 N–H and O–H groups in total. The first-order valence-corrected chi connectivity index (χ1v) is 10.0. The molecule has 0 bridgehead atoms. The average Bonchev–Trinajstić information content (AvgIpc) is 2.76. The number of nitro benzene ring substituents is 1. The monoisotopic (exact) mass is 404 g/mol. The molecule has 1 heterocycles. The molecule has 3 rings (SSSR count). The number of hydrazone groups is 1. The van der Waals surface area contributed by atoms with Gasteiger partial charge in [-0.3, -0.25) is 19.9 Å². The molecule has 0 aliphatic carbocycles. The van der Waals surface area contributed by atoms with E-state index in [-0.39, 0.29) is 11.6 Å². The number of unbranched alkanes of at least 4 members (excludes halogenated alkanes) is 3. The smallest absolute Gasteiger partial charge is 0.267 e. The van der Waals surface area contributed by atoms with Crippen LogP contribution >= 0.6 is 0 Å². The predicted molar refractivity (Wildman–Crippen MR) is 118 cm³/mol. The Morgan fingerprint density at radius 2 is 1.97 bits per heavy atom. The van der Waals surface area contributed by atoms with Crippen LogP contribution in [-0.2, 0) is 6.42 Å². The van der Waals surface area contributed by atoms with Gasteiger partial charge in [-0.15, -0.1) is 0 Å². The summed E-state index contributed by atoms with van der Waals surface area (Å²) >= 11 is 0. The number of carbonyl (C=O) groups is 1. The van der Waals surface area contributed by atoms with Gasteiger partial charge >= 0.3 is 0 Å². The van der Waals surface area contributed by atoms with Crippen LogP contribution in [0.1, 0.15) is 54.2 Å². The summed E-state index contributed by atoms with van der Waals surface area (Å²) in [6.45, 7) is 2.17. The molecular formula is C23H24N4O3. The first-order chi connectivity index (χ1) is 14.6. The van der Waals surface area contributed by atoms with E-state index in [1.807, 2.05) is 30.3 Å². The molecule has 7 heteroatoms. The number of hydrogen-bond acceptors (Lipinski definition) is 5. The van der Waals surface area contributed by atoms with Crippen molar-refractivity contribution in [3.8, 4) is 0 Å². The fourth-order valence-electron chi connectivity index (χ4n) is 3.22. The molecule has 154 valence electrons. The molecule has 1 amide bonds. The highest BCUT2D eigenvalue weighted by Gasteiger charge is 2.12. The fourth-order valence-corrected chi connectivity index (χ4v) is 3.22. The lowest BCUT2D eigenvalue weighted by atomic mass is 10.0. The maximum Gasteiger partial charge on any atom is 0.272 e. The third-order valence-electron chi connectivity index (χ3n) is 4.76. The van der Waals surface area contributed by atoms with Crippen molar-refractivity contribution in [2.75, 3.05) is 0 Å². The van der Waals surface area contributed by atoms with Crippen LogP contribution in [0.3, 0.4) is 0 Å². The van der Waals surface area contributed by atoms with Gasteiger partial charge < -0.3 is 0 Å². The minimum atomic E-state index is -0.471. The van der Waals surface area contributed by atoms with Crippen LogP contribution in [0.15, 0.2) is 59.7 Å². The largest absolute Gasteiger partial charge is 0.272 e. The molecule has 0 saturated heterocycles. The molecular weight excluding hydrogens is 380 g/mol. The molecule has 0 fully saturated rings. The summed E-state index contributed by atoms with van der Waals surface area (Å²) in [4.78, 5) is 27.9. The zero-order valence-corrected chi connectivity index (χ0v) is 16.9. The molecule has 0 saturated carbocycles. The van der Waals surface area contributed by atoms with Crippen LogP contribution in [0.4, 0.5) is 5.69 Å². The lowest BCUT2D eigenvalue weighted by Gasteiger charge is -2.09. The van der Waals surface area contributed by atoms with Gasteiger partial charge in [-0.25, -0.2) is 5.43 Å². The first-order valence-electron chi connectivity index (χ1n) is 10.0. The number of non-ortho nitro benzene ring substituents is 1. The number of para-hydroxylation sites is 1. The van der Waals surface area contributed by atoms with Gasteiger partial charge in [0.25, 0.3) is 11.6 Å². The summed E-state index contributed by atoms with van der Waals surface area (Å²) < 4.78 is 0. The van der Waals surface area contributed by atoms with Gasteiger partial charge in [-0.2, -0.15) is 5.10 Å². The lowest BCUT2D eigenvalue weighted by molar-refractivity contribution is -0.384. The predicted octanol–water partition coefficient (Wildman–Crippen LogP) is 5.03. The van der Waals surface area contributed by atoms with E-state index in [1.165, 1.54) is 31.2 Å². The summed E-state index contributed by atoms with van der Waals surface area (Å²) in [5.41, 5.74) is 5.20. The van der Waals surface area contributed by atoms with Crippen molar-refractivity contribution in [1.82, 2.24) is 10.4 Å². The molecule has 1 aromatic heterocycles. The zero-order chi connectivity index (χ0) is 21.3. The van der Waals surface area contributed by atoms with E-state index in [0.29, 0.717) is 11.1 Å². The number of pyridine rings is 1. The van der Waals surface area contributed by atoms with Crippen LogP contribution in [0, 0.1) is 10.1 Å². The Kier molecular flexibility index (Phi) is 7.21. The number of benzene rings is 2. The Labute approximate surface area is 175 Å². The standard InChI is InChI=1S/C23H24N4O3/c1-2-3-4-5-10-18-15-21(20-12-6-7-13-22(20)25-18)23(28)26-24-16-17-9-8-11-19(14-17)27(29)30/h6-9,11-16H,2-5,10H2,1H3,(H,26,28)/b24-16+. The van der Waals surface area contributed by atoms with Crippen molar-refractivity contribution in [1.29, 1.82) is 0 Å². The Morgan fingerprint density at radius 1 is 1.13 bits per heavy atom. The summed E-state index contributed by atoms with van der Waals surface area (Å²) in [5.74, 6) is -0.343. The van der Waals surface area contributed by atoms with Gasteiger partial charge in [0.1, 0.15) is 0 Å². The highest BCUT2D eigenvalue weighted by atomic mass is 16.6. The van der Waals surface area contributed by atoms with E-state index < -0.39 is 4.92 Å². The highest BCUT2D eigenvalue weighted by Crippen LogP contribution is 2.20. The molecule has 0 spiro atoms. The number of aromatic nitrogens is 1. The number of nitrogens with zero attached hydrogens (tertiary/aromatic N) is 3. The van der Waals surface area contributed by atoms with Gasteiger partial charge in [0, 0.05) is 28.8 Å². The number of rotatable bonds is 9. The van der Waals surface area contributed by atoms with Crippen LogP contribution in [0.25, 0.3) is 10.9 Å². The minimum absolute atomic E-state index is 0.0295.